The zero-order valence-electron chi connectivity index (χ0n) is 13.8. The van der Waals surface area contributed by atoms with Crippen molar-refractivity contribution >= 4 is 5.69 Å². The Kier molecular flexibility index (Phi) is 5.48. The van der Waals surface area contributed by atoms with E-state index in [4.69, 9.17) is 10.5 Å². The van der Waals surface area contributed by atoms with Gasteiger partial charge in [0.2, 0.25) is 0 Å². The van der Waals surface area contributed by atoms with Gasteiger partial charge in [0.1, 0.15) is 5.75 Å². The minimum atomic E-state index is -0.0179. The Bertz CT molecular complexity index is 451. The van der Waals surface area contributed by atoms with Gasteiger partial charge in [-0.15, -0.1) is 0 Å². The monoisotopic (exact) mass is 291 g/mol. The van der Waals surface area contributed by atoms with Crippen LogP contribution in [0.4, 0.5) is 5.69 Å². The van der Waals surface area contributed by atoms with Gasteiger partial charge in [-0.3, -0.25) is 0 Å². The summed E-state index contributed by atoms with van der Waals surface area (Å²) < 4.78 is 5.50. The van der Waals surface area contributed by atoms with Crippen molar-refractivity contribution in [1.29, 1.82) is 0 Å². The normalized spacial score (nSPS) is 18.1. The van der Waals surface area contributed by atoms with Gasteiger partial charge in [-0.25, -0.2) is 0 Å². The van der Waals surface area contributed by atoms with Crippen LogP contribution in [0.2, 0.25) is 0 Å². The minimum Gasteiger partial charge on any atom is -0.496 e. The Hall–Kier alpha value is -1.26. The van der Waals surface area contributed by atoms with Crippen molar-refractivity contribution in [2.75, 3.05) is 45.7 Å². The molecule has 1 aromatic rings. The van der Waals surface area contributed by atoms with E-state index in [-0.39, 0.29) is 6.04 Å². The predicted octanol–water partition coefficient (Wildman–Crippen LogP) is 2.49. The Morgan fingerprint density at radius 3 is 2.52 bits per heavy atom. The summed E-state index contributed by atoms with van der Waals surface area (Å²) in [5.74, 6) is 1.71. The van der Waals surface area contributed by atoms with Crippen molar-refractivity contribution in [3.63, 3.8) is 0 Å². The quantitative estimate of drug-likeness (QED) is 0.905. The third-order valence-corrected chi connectivity index (χ3v) is 4.30. The molecular weight excluding hydrogens is 262 g/mol. The summed E-state index contributed by atoms with van der Waals surface area (Å²) in [6.07, 6.45) is 2.49. The average Bonchev–Trinajstić information content (AvgIpc) is 2.46. The number of piperidine rings is 1. The molecule has 0 saturated carbocycles. The second-order valence-electron chi connectivity index (χ2n) is 6.37. The second-order valence-corrected chi connectivity index (χ2v) is 6.37. The maximum atomic E-state index is 6.18. The molecule has 1 heterocycles. The van der Waals surface area contributed by atoms with E-state index in [0.717, 1.165) is 30.3 Å². The van der Waals surface area contributed by atoms with E-state index in [0.29, 0.717) is 0 Å². The van der Waals surface area contributed by atoms with Gasteiger partial charge < -0.3 is 20.3 Å². The number of nitrogens with zero attached hydrogens (tertiary/aromatic N) is 2. The van der Waals surface area contributed by atoms with Crippen molar-refractivity contribution < 1.29 is 4.74 Å². The molecular formula is C17H29N3O. The van der Waals surface area contributed by atoms with Crippen LogP contribution in [-0.4, -0.2) is 45.7 Å². The molecule has 0 aromatic heterocycles. The molecule has 0 radical (unpaired) electrons. The molecule has 1 saturated heterocycles. The van der Waals surface area contributed by atoms with Crippen molar-refractivity contribution in [2.24, 2.45) is 11.7 Å². The van der Waals surface area contributed by atoms with Crippen LogP contribution in [0, 0.1) is 5.92 Å². The van der Waals surface area contributed by atoms with Gasteiger partial charge in [0.25, 0.3) is 0 Å². The predicted molar refractivity (Wildman–Crippen MR) is 89.1 cm³/mol. The number of rotatable bonds is 5. The fraction of sp³-hybridized carbons (Fsp3) is 0.647. The topological polar surface area (TPSA) is 41.7 Å². The minimum absolute atomic E-state index is 0.0179. The molecule has 1 aromatic carbocycles. The maximum absolute atomic E-state index is 6.18. The van der Waals surface area contributed by atoms with Crippen LogP contribution < -0.4 is 15.4 Å². The molecule has 0 aliphatic carbocycles. The fourth-order valence-electron chi connectivity index (χ4n) is 3.32. The van der Waals surface area contributed by atoms with Crippen LogP contribution in [0.15, 0.2) is 18.2 Å². The fourth-order valence-corrected chi connectivity index (χ4v) is 3.32. The van der Waals surface area contributed by atoms with E-state index >= 15 is 0 Å². The molecule has 1 fully saturated rings. The van der Waals surface area contributed by atoms with Crippen LogP contribution in [0.25, 0.3) is 0 Å². The summed E-state index contributed by atoms with van der Waals surface area (Å²) in [6.45, 7) is 5.42. The molecule has 0 unspecified atom stereocenters. The number of ether oxygens (including phenoxy) is 1. The molecule has 1 atom stereocenters. The van der Waals surface area contributed by atoms with Crippen LogP contribution in [-0.2, 0) is 0 Å². The highest BCUT2D eigenvalue weighted by Gasteiger charge is 2.23. The van der Waals surface area contributed by atoms with Crippen molar-refractivity contribution in [3.05, 3.63) is 23.8 Å². The molecule has 0 bridgehead atoms. The van der Waals surface area contributed by atoms with Crippen LogP contribution in [0.5, 0.6) is 5.75 Å². The van der Waals surface area contributed by atoms with E-state index in [1.54, 1.807) is 7.11 Å². The molecule has 118 valence electrons. The first-order chi connectivity index (χ1) is 10.0. The van der Waals surface area contributed by atoms with Gasteiger partial charge in [-0.05, 0) is 51.9 Å². The molecule has 4 heteroatoms. The molecule has 1 aliphatic heterocycles. The maximum Gasteiger partial charge on any atom is 0.125 e. The third kappa shape index (κ3) is 3.89. The van der Waals surface area contributed by atoms with Crippen LogP contribution in [0.3, 0.4) is 0 Å². The van der Waals surface area contributed by atoms with Crippen LogP contribution >= 0.6 is 0 Å². The Balaban J connectivity index is 2.13. The van der Waals surface area contributed by atoms with Gasteiger partial charge in [0.05, 0.1) is 7.11 Å². The molecule has 2 N–H and O–H groups in total. The lowest BCUT2D eigenvalue weighted by Crippen LogP contribution is -2.37. The zero-order chi connectivity index (χ0) is 15.4. The standard InChI is InChI=1S/C17H29N3O/c1-13(18)17-15(6-5-7-16(17)21-4)20-10-8-14(9-11-20)12-19(2)3/h5-7,13-14H,8-12,18H2,1-4H3/t13-/m0/s1. The summed E-state index contributed by atoms with van der Waals surface area (Å²) in [4.78, 5) is 4.76. The highest BCUT2D eigenvalue weighted by Crippen LogP contribution is 2.35. The number of hydrogen-bond acceptors (Lipinski definition) is 4. The summed E-state index contributed by atoms with van der Waals surface area (Å²) in [5.41, 5.74) is 8.55. The van der Waals surface area contributed by atoms with Gasteiger partial charge in [0, 0.05) is 36.9 Å². The SMILES string of the molecule is COc1cccc(N2CCC(CN(C)C)CC2)c1[C@H](C)N. The number of hydrogen-bond donors (Lipinski definition) is 1. The van der Waals surface area contributed by atoms with Gasteiger partial charge in [-0.2, -0.15) is 0 Å². The van der Waals surface area contributed by atoms with Gasteiger partial charge >= 0.3 is 0 Å². The number of benzene rings is 1. The first kappa shape index (κ1) is 16.1. The molecule has 0 spiro atoms. The number of methoxy groups -OCH3 is 1. The third-order valence-electron chi connectivity index (χ3n) is 4.30. The Labute approximate surface area is 128 Å². The van der Waals surface area contributed by atoms with E-state index in [2.05, 4.69) is 36.0 Å². The van der Waals surface area contributed by atoms with Crippen molar-refractivity contribution in [3.8, 4) is 5.75 Å². The average molecular weight is 291 g/mol. The van der Waals surface area contributed by atoms with Crippen LogP contribution in [0.1, 0.15) is 31.4 Å². The van der Waals surface area contributed by atoms with E-state index in [9.17, 15) is 0 Å². The van der Waals surface area contributed by atoms with Crippen molar-refractivity contribution in [2.45, 2.75) is 25.8 Å². The van der Waals surface area contributed by atoms with Crippen molar-refractivity contribution in [1.82, 2.24) is 4.90 Å². The molecule has 4 nitrogen and oxygen atoms in total. The molecule has 21 heavy (non-hydrogen) atoms. The largest absolute Gasteiger partial charge is 0.496 e. The molecule has 1 aliphatic rings. The zero-order valence-corrected chi connectivity index (χ0v) is 13.8. The van der Waals surface area contributed by atoms with Gasteiger partial charge in [-0.1, -0.05) is 6.07 Å². The second kappa shape index (κ2) is 7.14. The summed E-state index contributed by atoms with van der Waals surface area (Å²) in [6, 6.07) is 6.22. The Morgan fingerprint density at radius 2 is 2.00 bits per heavy atom. The number of anilines is 1. The highest BCUT2D eigenvalue weighted by molar-refractivity contribution is 5.61. The van der Waals surface area contributed by atoms with Gasteiger partial charge in [0.15, 0.2) is 0 Å². The number of nitrogens with two attached hydrogens (primary N) is 1. The Morgan fingerprint density at radius 1 is 1.33 bits per heavy atom. The summed E-state index contributed by atoms with van der Waals surface area (Å²) >= 11 is 0. The highest BCUT2D eigenvalue weighted by atomic mass is 16.5. The van der Waals surface area contributed by atoms with E-state index < -0.39 is 0 Å². The lowest BCUT2D eigenvalue weighted by Gasteiger charge is -2.36. The first-order valence-corrected chi connectivity index (χ1v) is 7.85. The summed E-state index contributed by atoms with van der Waals surface area (Å²) in [7, 11) is 6.03. The molecule has 0 amide bonds. The molecule has 2 rings (SSSR count). The first-order valence-electron chi connectivity index (χ1n) is 7.85. The summed E-state index contributed by atoms with van der Waals surface area (Å²) in [5, 5.41) is 0. The van der Waals surface area contributed by atoms with E-state index in [1.807, 2.05) is 13.0 Å². The lowest BCUT2D eigenvalue weighted by atomic mass is 9.94. The lowest BCUT2D eigenvalue weighted by molar-refractivity contribution is 0.285. The smallest absolute Gasteiger partial charge is 0.125 e. The van der Waals surface area contributed by atoms with E-state index in [1.165, 1.54) is 25.1 Å².